The van der Waals surface area contributed by atoms with Crippen molar-refractivity contribution in [2.75, 3.05) is 0 Å². The highest BCUT2D eigenvalue weighted by Gasteiger charge is 2.37. The number of hydrogen-bond donors (Lipinski definition) is 0. The summed E-state index contributed by atoms with van der Waals surface area (Å²) < 4.78 is 39.8. The van der Waals surface area contributed by atoms with Crippen LogP contribution in [0.1, 0.15) is 11.5 Å². The van der Waals surface area contributed by atoms with Crippen LogP contribution in [-0.4, -0.2) is 19.6 Å². The minimum Gasteiger partial charge on any atom is -0.272 e. The van der Waals surface area contributed by atoms with Gasteiger partial charge in [0, 0.05) is 16.8 Å². The van der Waals surface area contributed by atoms with Crippen molar-refractivity contribution in [3.05, 3.63) is 48.0 Å². The van der Waals surface area contributed by atoms with Crippen molar-refractivity contribution in [1.29, 1.82) is 0 Å². The summed E-state index contributed by atoms with van der Waals surface area (Å²) in [5, 5.41) is 7.30. The van der Waals surface area contributed by atoms with Gasteiger partial charge < -0.3 is 0 Å². The first-order valence-electron chi connectivity index (χ1n) is 5.97. The van der Waals surface area contributed by atoms with E-state index >= 15 is 0 Å². The van der Waals surface area contributed by atoms with Gasteiger partial charge in [0.2, 0.25) is 5.82 Å². The molecule has 0 amide bonds. The second-order valence-corrected chi connectivity index (χ2v) is 5.36. The molecule has 0 spiro atoms. The van der Waals surface area contributed by atoms with Crippen LogP contribution in [0.2, 0.25) is 0 Å². The summed E-state index contributed by atoms with van der Waals surface area (Å²) in [6, 6.07) is 9.26. The molecule has 0 saturated heterocycles. The Labute approximate surface area is 122 Å². The fourth-order valence-corrected chi connectivity index (χ4v) is 2.73. The molecule has 0 bridgehead atoms. The number of hydrogen-bond acceptors (Lipinski definition) is 4. The zero-order valence-electron chi connectivity index (χ0n) is 10.8. The molecule has 2 aromatic heterocycles. The van der Waals surface area contributed by atoms with E-state index in [0.29, 0.717) is 10.7 Å². The van der Waals surface area contributed by atoms with Crippen LogP contribution in [0, 0.1) is 6.92 Å². The van der Waals surface area contributed by atoms with Crippen LogP contribution in [0.15, 0.2) is 46.5 Å². The van der Waals surface area contributed by atoms with E-state index in [2.05, 4.69) is 15.2 Å². The number of aryl methyl sites for hydroxylation is 1. The third-order valence-electron chi connectivity index (χ3n) is 2.79. The lowest BCUT2D eigenvalue weighted by atomic mass is 10.4. The summed E-state index contributed by atoms with van der Waals surface area (Å²) in [6.07, 6.45) is -3.17. The standard InChI is InChI=1S/C13H9F3N4S/c1-8-7-17-11(21-9-5-3-2-4-6-9)10-18-19-12(20(8)10)13(14,15)16/h2-7H,1H3. The molecule has 2 heterocycles. The van der Waals surface area contributed by atoms with Crippen molar-refractivity contribution in [3.8, 4) is 0 Å². The minimum absolute atomic E-state index is 0.108. The number of alkyl halides is 3. The van der Waals surface area contributed by atoms with E-state index in [1.165, 1.54) is 24.9 Å². The van der Waals surface area contributed by atoms with E-state index in [-0.39, 0.29) is 5.65 Å². The predicted molar refractivity (Wildman–Crippen MR) is 71.1 cm³/mol. The summed E-state index contributed by atoms with van der Waals surface area (Å²) in [5.74, 6) is -1.03. The maximum Gasteiger partial charge on any atom is 0.452 e. The molecule has 0 atom stereocenters. The first-order valence-corrected chi connectivity index (χ1v) is 6.79. The zero-order chi connectivity index (χ0) is 15.0. The largest absolute Gasteiger partial charge is 0.452 e. The second-order valence-electron chi connectivity index (χ2n) is 4.30. The molecule has 0 fully saturated rings. The number of fused-ring (bicyclic) bond motifs is 1. The molecule has 0 radical (unpaired) electrons. The van der Waals surface area contributed by atoms with Crippen molar-refractivity contribution in [1.82, 2.24) is 19.6 Å². The van der Waals surface area contributed by atoms with Crippen molar-refractivity contribution in [3.63, 3.8) is 0 Å². The van der Waals surface area contributed by atoms with Crippen molar-refractivity contribution in [2.45, 2.75) is 23.0 Å². The van der Waals surface area contributed by atoms with Crippen LogP contribution in [0.4, 0.5) is 13.2 Å². The summed E-state index contributed by atoms with van der Waals surface area (Å²) >= 11 is 1.25. The molecule has 108 valence electrons. The highest BCUT2D eigenvalue weighted by Crippen LogP contribution is 2.33. The Balaban J connectivity index is 2.14. The number of aromatic nitrogens is 4. The third kappa shape index (κ3) is 2.58. The van der Waals surface area contributed by atoms with Gasteiger partial charge in [0.15, 0.2) is 5.65 Å². The van der Waals surface area contributed by atoms with Gasteiger partial charge in [0.05, 0.1) is 0 Å². The van der Waals surface area contributed by atoms with Crippen LogP contribution < -0.4 is 0 Å². The number of halogens is 3. The smallest absolute Gasteiger partial charge is 0.272 e. The molecule has 0 saturated carbocycles. The molecule has 0 N–H and O–H groups in total. The molecule has 21 heavy (non-hydrogen) atoms. The molecule has 4 nitrogen and oxygen atoms in total. The van der Waals surface area contributed by atoms with Crippen LogP contribution in [0.25, 0.3) is 5.65 Å². The Morgan fingerprint density at radius 1 is 1.10 bits per heavy atom. The molecular weight excluding hydrogens is 301 g/mol. The average Bonchev–Trinajstić information content (AvgIpc) is 2.89. The van der Waals surface area contributed by atoms with E-state index in [9.17, 15) is 13.2 Å². The van der Waals surface area contributed by atoms with E-state index in [1.807, 2.05) is 30.3 Å². The topological polar surface area (TPSA) is 43.1 Å². The van der Waals surface area contributed by atoms with Gasteiger partial charge in [-0.25, -0.2) is 4.98 Å². The highest BCUT2D eigenvalue weighted by molar-refractivity contribution is 7.99. The van der Waals surface area contributed by atoms with Crippen molar-refractivity contribution in [2.24, 2.45) is 0 Å². The van der Waals surface area contributed by atoms with Crippen molar-refractivity contribution < 1.29 is 13.2 Å². The first-order chi connectivity index (χ1) is 9.97. The normalized spacial score (nSPS) is 12.0. The van der Waals surface area contributed by atoms with Crippen LogP contribution in [-0.2, 0) is 6.18 Å². The maximum absolute atomic E-state index is 12.9. The molecule has 0 aliphatic heterocycles. The molecule has 0 unspecified atom stereocenters. The summed E-state index contributed by atoms with van der Waals surface area (Å²) in [6.45, 7) is 1.54. The molecule has 3 rings (SSSR count). The van der Waals surface area contributed by atoms with E-state index in [0.717, 1.165) is 9.30 Å². The van der Waals surface area contributed by atoms with Gasteiger partial charge >= 0.3 is 6.18 Å². The zero-order valence-corrected chi connectivity index (χ0v) is 11.6. The molecule has 1 aromatic carbocycles. The monoisotopic (exact) mass is 310 g/mol. The molecular formula is C13H9F3N4S. The Morgan fingerprint density at radius 3 is 2.48 bits per heavy atom. The summed E-state index contributed by atoms with van der Waals surface area (Å²) in [5.41, 5.74) is 0.441. The van der Waals surface area contributed by atoms with Gasteiger partial charge in [0.1, 0.15) is 5.03 Å². The summed E-state index contributed by atoms with van der Waals surface area (Å²) in [4.78, 5) is 5.04. The SMILES string of the molecule is Cc1cnc(Sc2ccccc2)c2nnc(C(F)(F)F)n12. The van der Waals surface area contributed by atoms with E-state index in [4.69, 9.17) is 0 Å². The van der Waals surface area contributed by atoms with Gasteiger partial charge in [0.25, 0.3) is 0 Å². The lowest BCUT2D eigenvalue weighted by Gasteiger charge is -2.08. The van der Waals surface area contributed by atoms with Gasteiger partial charge in [-0.3, -0.25) is 4.40 Å². The molecule has 0 aliphatic carbocycles. The van der Waals surface area contributed by atoms with Crippen LogP contribution in [0.5, 0.6) is 0 Å². The number of rotatable bonds is 2. The highest BCUT2D eigenvalue weighted by atomic mass is 32.2. The number of nitrogens with zero attached hydrogens (tertiary/aromatic N) is 4. The van der Waals surface area contributed by atoms with E-state index < -0.39 is 12.0 Å². The average molecular weight is 310 g/mol. The first kappa shape index (κ1) is 13.9. The quantitative estimate of drug-likeness (QED) is 0.725. The molecule has 3 aromatic rings. The van der Waals surface area contributed by atoms with Gasteiger partial charge in [-0.05, 0) is 19.1 Å². The van der Waals surface area contributed by atoms with Crippen LogP contribution >= 0.6 is 11.8 Å². The third-order valence-corrected chi connectivity index (χ3v) is 3.78. The fourth-order valence-electron chi connectivity index (χ4n) is 1.88. The lowest BCUT2D eigenvalue weighted by molar-refractivity contribution is -0.145. The number of benzene rings is 1. The second kappa shape index (κ2) is 5.03. The molecule has 8 heteroatoms. The Bertz CT molecular complexity index is 783. The van der Waals surface area contributed by atoms with Gasteiger partial charge in [-0.1, -0.05) is 30.0 Å². The van der Waals surface area contributed by atoms with E-state index in [1.54, 1.807) is 0 Å². The van der Waals surface area contributed by atoms with Gasteiger partial charge in [-0.2, -0.15) is 13.2 Å². The Hall–Kier alpha value is -2.09. The lowest BCUT2D eigenvalue weighted by Crippen LogP contribution is -2.12. The van der Waals surface area contributed by atoms with Crippen molar-refractivity contribution >= 4 is 17.4 Å². The maximum atomic E-state index is 12.9. The Morgan fingerprint density at radius 2 is 1.81 bits per heavy atom. The molecule has 0 aliphatic rings. The van der Waals surface area contributed by atoms with Gasteiger partial charge in [-0.15, -0.1) is 10.2 Å². The van der Waals surface area contributed by atoms with Crippen LogP contribution in [0.3, 0.4) is 0 Å². The fraction of sp³-hybridized carbons (Fsp3) is 0.154. The Kier molecular flexibility index (Phi) is 3.32. The summed E-state index contributed by atoms with van der Waals surface area (Å²) in [7, 11) is 0. The minimum atomic E-state index is -4.56. The predicted octanol–water partition coefficient (Wildman–Crippen LogP) is 3.60.